The van der Waals surface area contributed by atoms with E-state index in [0.29, 0.717) is 19.4 Å². The van der Waals surface area contributed by atoms with Gasteiger partial charge in [-0.25, -0.2) is 4.79 Å². The van der Waals surface area contributed by atoms with E-state index in [1.807, 2.05) is 13.8 Å². The van der Waals surface area contributed by atoms with Gasteiger partial charge in [-0.3, -0.25) is 24.0 Å². The van der Waals surface area contributed by atoms with Gasteiger partial charge in [0, 0.05) is 12.8 Å². The van der Waals surface area contributed by atoms with Crippen molar-refractivity contribution in [3.63, 3.8) is 0 Å². The second-order valence-electron chi connectivity index (χ2n) is 8.98. The highest BCUT2D eigenvalue weighted by Gasteiger charge is 2.30. The normalized spacial score (nSPS) is 14.2. The Bertz CT molecular complexity index is 776. The third-order valence-electron chi connectivity index (χ3n) is 5.22. The van der Waals surface area contributed by atoms with Crippen LogP contribution >= 0.6 is 0 Å². The summed E-state index contributed by atoms with van der Waals surface area (Å²) >= 11 is 0. The van der Waals surface area contributed by atoms with Crippen molar-refractivity contribution < 1.29 is 39.0 Å². The Morgan fingerprint density at radius 3 is 1.81 bits per heavy atom. The van der Waals surface area contributed by atoms with Gasteiger partial charge in [-0.2, -0.15) is 0 Å². The lowest BCUT2D eigenvalue weighted by Crippen LogP contribution is -2.57. The molecule has 0 aliphatic carbocycles. The van der Waals surface area contributed by atoms with Crippen molar-refractivity contribution in [2.45, 2.75) is 89.4 Å². The number of carboxylic acid groups (broad SMARTS) is 2. The van der Waals surface area contributed by atoms with Crippen molar-refractivity contribution in [2.75, 3.05) is 6.54 Å². The number of rotatable bonds is 19. The van der Waals surface area contributed by atoms with Crippen LogP contribution in [0.3, 0.4) is 0 Å². The van der Waals surface area contributed by atoms with Gasteiger partial charge in [0.25, 0.3) is 0 Å². The highest BCUT2D eigenvalue weighted by atomic mass is 16.4. The maximum atomic E-state index is 13.0. The summed E-state index contributed by atoms with van der Waals surface area (Å²) in [5.41, 5.74) is 16.3. The van der Waals surface area contributed by atoms with E-state index in [-0.39, 0.29) is 44.4 Å². The van der Waals surface area contributed by atoms with Gasteiger partial charge < -0.3 is 43.4 Å². The van der Waals surface area contributed by atoms with Crippen LogP contribution in [0.1, 0.15) is 65.2 Å². The number of hydrogen-bond acceptors (Lipinski definition) is 8. The standard InChI is InChI=1S/C22H40N6O8/c1-12(2)11-16(28-19(32)13(24)6-9-18(30)31)21(34)26-14(5-3-4-10-23)20(33)27-15(22(35)36)7-8-17(25)29/h12-16H,3-11,23-24H2,1-2H3,(H2,25,29)(H,26,34)(H,27,33)(H,28,32)(H,30,31)(H,35,36). The zero-order chi connectivity index (χ0) is 27.8. The van der Waals surface area contributed by atoms with Crippen LogP contribution in [-0.2, 0) is 28.8 Å². The van der Waals surface area contributed by atoms with Gasteiger partial charge >= 0.3 is 11.9 Å². The molecule has 14 heteroatoms. The third kappa shape index (κ3) is 14.2. The molecule has 0 rings (SSSR count). The van der Waals surface area contributed by atoms with Crippen molar-refractivity contribution in [1.82, 2.24) is 16.0 Å². The van der Waals surface area contributed by atoms with Crippen LogP contribution in [0.4, 0.5) is 0 Å². The lowest BCUT2D eigenvalue weighted by molar-refractivity contribution is -0.143. The van der Waals surface area contributed by atoms with Crippen molar-refractivity contribution in [1.29, 1.82) is 0 Å². The van der Waals surface area contributed by atoms with Gasteiger partial charge in [-0.1, -0.05) is 13.8 Å². The molecule has 4 atom stereocenters. The first-order valence-corrected chi connectivity index (χ1v) is 11.9. The van der Waals surface area contributed by atoms with Gasteiger partial charge in [-0.15, -0.1) is 0 Å². The lowest BCUT2D eigenvalue weighted by Gasteiger charge is -2.26. The zero-order valence-electron chi connectivity index (χ0n) is 20.8. The molecule has 4 unspecified atom stereocenters. The Morgan fingerprint density at radius 1 is 0.750 bits per heavy atom. The van der Waals surface area contributed by atoms with E-state index in [1.165, 1.54) is 0 Å². The van der Waals surface area contributed by atoms with E-state index in [1.54, 1.807) is 0 Å². The average Bonchev–Trinajstić information content (AvgIpc) is 2.77. The minimum atomic E-state index is -1.39. The summed E-state index contributed by atoms with van der Waals surface area (Å²) in [4.78, 5) is 71.6. The monoisotopic (exact) mass is 516 g/mol. The summed E-state index contributed by atoms with van der Waals surface area (Å²) < 4.78 is 0. The third-order valence-corrected chi connectivity index (χ3v) is 5.22. The van der Waals surface area contributed by atoms with E-state index in [4.69, 9.17) is 22.3 Å². The number of amides is 4. The maximum Gasteiger partial charge on any atom is 0.326 e. The van der Waals surface area contributed by atoms with E-state index in [2.05, 4.69) is 16.0 Å². The fourth-order valence-corrected chi connectivity index (χ4v) is 3.24. The molecular weight excluding hydrogens is 476 g/mol. The van der Waals surface area contributed by atoms with Crippen LogP contribution in [0.2, 0.25) is 0 Å². The molecule has 0 fully saturated rings. The molecule has 0 saturated carbocycles. The number of carbonyl (C=O) groups excluding carboxylic acids is 4. The maximum absolute atomic E-state index is 13.0. The summed E-state index contributed by atoms with van der Waals surface area (Å²) in [5, 5.41) is 25.5. The molecule has 0 aliphatic heterocycles. The molecule has 0 radical (unpaired) electrons. The minimum Gasteiger partial charge on any atom is -0.481 e. The second-order valence-corrected chi connectivity index (χ2v) is 8.98. The van der Waals surface area contributed by atoms with Crippen LogP contribution in [-0.4, -0.2) is 76.5 Å². The van der Waals surface area contributed by atoms with Crippen LogP contribution in [0.15, 0.2) is 0 Å². The number of aliphatic carboxylic acids is 2. The molecule has 0 aromatic rings. The van der Waals surface area contributed by atoms with Crippen molar-refractivity contribution in [2.24, 2.45) is 23.1 Å². The van der Waals surface area contributed by atoms with E-state index in [0.717, 1.165) is 0 Å². The number of carboxylic acids is 2. The van der Waals surface area contributed by atoms with Crippen LogP contribution in [0.5, 0.6) is 0 Å². The highest BCUT2D eigenvalue weighted by molar-refractivity contribution is 5.94. The molecule has 36 heavy (non-hydrogen) atoms. The number of nitrogens with two attached hydrogens (primary N) is 3. The summed E-state index contributed by atoms with van der Waals surface area (Å²) in [6, 6.07) is -4.74. The molecule has 0 aromatic carbocycles. The molecule has 0 saturated heterocycles. The molecule has 0 heterocycles. The van der Waals surface area contributed by atoms with Crippen molar-refractivity contribution in [3.05, 3.63) is 0 Å². The second kappa shape index (κ2) is 17.2. The first-order chi connectivity index (χ1) is 16.8. The molecule has 206 valence electrons. The van der Waals surface area contributed by atoms with Gasteiger partial charge in [0.15, 0.2) is 0 Å². The summed E-state index contributed by atoms with van der Waals surface area (Å²) in [6.45, 7) is 3.98. The van der Waals surface area contributed by atoms with Crippen LogP contribution in [0.25, 0.3) is 0 Å². The molecule has 4 amide bonds. The fourth-order valence-electron chi connectivity index (χ4n) is 3.24. The molecule has 0 aromatic heterocycles. The Hall–Kier alpha value is -3.26. The number of nitrogens with one attached hydrogen (secondary N) is 3. The fraction of sp³-hybridized carbons (Fsp3) is 0.727. The van der Waals surface area contributed by atoms with E-state index < -0.39 is 59.7 Å². The predicted octanol–water partition coefficient (Wildman–Crippen LogP) is -1.84. The van der Waals surface area contributed by atoms with E-state index >= 15 is 0 Å². The SMILES string of the molecule is CC(C)CC(NC(=O)C(N)CCC(=O)O)C(=O)NC(CCCCN)C(=O)NC(CCC(N)=O)C(=O)O. The number of hydrogen-bond donors (Lipinski definition) is 8. The molecular formula is C22H40N6O8. The lowest BCUT2D eigenvalue weighted by atomic mass is 10.0. The van der Waals surface area contributed by atoms with Crippen molar-refractivity contribution >= 4 is 35.6 Å². The quantitative estimate of drug-likeness (QED) is 0.0889. The summed E-state index contributed by atoms with van der Waals surface area (Å²) in [7, 11) is 0. The molecule has 0 bridgehead atoms. The molecule has 11 N–H and O–H groups in total. The average molecular weight is 517 g/mol. The van der Waals surface area contributed by atoms with Crippen molar-refractivity contribution in [3.8, 4) is 0 Å². The van der Waals surface area contributed by atoms with Gasteiger partial charge in [-0.05, 0) is 51.0 Å². The predicted molar refractivity (Wildman–Crippen MR) is 129 cm³/mol. The Kier molecular flexibility index (Phi) is 15.7. The first kappa shape index (κ1) is 32.7. The van der Waals surface area contributed by atoms with Crippen LogP contribution < -0.4 is 33.2 Å². The topological polar surface area (TPSA) is 257 Å². The minimum absolute atomic E-state index is 0.0361. The molecule has 0 spiro atoms. The van der Waals surface area contributed by atoms with Gasteiger partial charge in [0.2, 0.25) is 23.6 Å². The Balaban J connectivity index is 5.51. The summed E-state index contributed by atoms with van der Waals surface area (Å²) in [6.07, 6.45) is 0.437. The largest absolute Gasteiger partial charge is 0.481 e. The Morgan fingerprint density at radius 2 is 1.31 bits per heavy atom. The highest BCUT2D eigenvalue weighted by Crippen LogP contribution is 2.09. The number of unbranched alkanes of at least 4 members (excludes halogenated alkanes) is 1. The number of primary amides is 1. The molecule has 0 aliphatic rings. The van der Waals surface area contributed by atoms with Gasteiger partial charge in [0.1, 0.15) is 18.1 Å². The zero-order valence-corrected chi connectivity index (χ0v) is 20.8. The number of carbonyl (C=O) groups is 6. The first-order valence-electron chi connectivity index (χ1n) is 11.9. The van der Waals surface area contributed by atoms with Crippen LogP contribution in [0, 0.1) is 5.92 Å². The Labute approximate surface area is 210 Å². The molecule has 14 nitrogen and oxygen atoms in total. The summed E-state index contributed by atoms with van der Waals surface area (Å²) in [5.74, 6) is -5.40. The van der Waals surface area contributed by atoms with Gasteiger partial charge in [0.05, 0.1) is 6.04 Å². The van der Waals surface area contributed by atoms with E-state index in [9.17, 15) is 33.9 Å². The smallest absolute Gasteiger partial charge is 0.326 e.